The van der Waals surface area contributed by atoms with E-state index in [-0.39, 0.29) is 11.6 Å². The molecule has 2 aliphatic rings. The Bertz CT molecular complexity index is 1840. The average molecular weight is 494 g/mol. The molecule has 1 aliphatic carbocycles. The van der Waals surface area contributed by atoms with Crippen LogP contribution in [-0.2, 0) is 6.42 Å². The normalized spacial score (nSPS) is 17.2. The molecule has 0 spiro atoms. The fraction of sp³-hybridized carbons (Fsp3) is 0.103. The van der Waals surface area contributed by atoms with E-state index in [1.165, 1.54) is 28.0 Å². The van der Waals surface area contributed by atoms with Crippen LogP contribution in [0.5, 0.6) is 0 Å². The van der Waals surface area contributed by atoms with Gasteiger partial charge in [-0.05, 0) is 53.8 Å². The van der Waals surface area contributed by atoms with Gasteiger partial charge in [-0.2, -0.15) is 0 Å². The van der Waals surface area contributed by atoms with E-state index in [2.05, 4.69) is 35.3 Å². The molecule has 0 saturated heterocycles. The van der Waals surface area contributed by atoms with Crippen molar-refractivity contribution in [3.63, 3.8) is 0 Å². The first-order valence-corrected chi connectivity index (χ1v) is 12.8. The number of hydrogen-bond donors (Lipinski definition) is 1. The predicted molar refractivity (Wildman–Crippen MR) is 142 cm³/mol. The number of aromatic amines is 1. The summed E-state index contributed by atoms with van der Waals surface area (Å²) in [6.07, 6.45) is 5.75. The highest BCUT2D eigenvalue weighted by Crippen LogP contribution is 2.41. The van der Waals surface area contributed by atoms with Gasteiger partial charge in [0, 0.05) is 33.2 Å². The van der Waals surface area contributed by atoms with Crippen LogP contribution in [0.1, 0.15) is 34.7 Å². The Kier molecular flexibility index (Phi) is 4.69. The molecule has 0 bridgehead atoms. The second kappa shape index (κ2) is 7.94. The Morgan fingerprint density at radius 2 is 1.80 bits per heavy atom. The van der Waals surface area contributed by atoms with Gasteiger partial charge < -0.3 is 4.98 Å². The van der Waals surface area contributed by atoms with E-state index in [9.17, 15) is 4.79 Å². The molecular weight excluding hydrogens is 474 g/mol. The molecule has 3 heterocycles. The molecule has 0 saturated carbocycles. The summed E-state index contributed by atoms with van der Waals surface area (Å²) >= 11 is 7.67. The fourth-order valence-electron chi connectivity index (χ4n) is 5.32. The smallest absolute Gasteiger partial charge is 0.271 e. The Hall–Kier alpha value is -3.67. The minimum absolute atomic E-state index is 0.00982. The topological polar surface area (TPSA) is 50.1 Å². The zero-order chi connectivity index (χ0) is 23.5. The number of halogens is 1. The van der Waals surface area contributed by atoms with E-state index >= 15 is 0 Å². The summed E-state index contributed by atoms with van der Waals surface area (Å²) in [7, 11) is 0. The van der Waals surface area contributed by atoms with E-state index in [4.69, 9.17) is 16.6 Å². The highest BCUT2D eigenvalue weighted by Gasteiger charge is 2.32. The van der Waals surface area contributed by atoms with Gasteiger partial charge in [0.1, 0.15) is 0 Å². The standard InChI is InChI=1S/C29H20ClN3OS/c30-20-12-9-18(10-13-20)27-23-14-11-17-5-1-2-7-22(17)26(23)32-29-33(27)28(34)25(35-29)15-19-16-31-24-8-4-3-6-21(19)24/h1-10,12-13,15-16,27,31H,11,14H2/b25-15-. The number of para-hydroxylation sites is 1. The number of benzene rings is 3. The largest absolute Gasteiger partial charge is 0.361 e. The summed E-state index contributed by atoms with van der Waals surface area (Å²) in [5.41, 5.74) is 7.77. The second-order valence-corrected chi connectivity index (χ2v) is 10.4. The molecule has 1 unspecified atom stereocenters. The third-order valence-corrected chi connectivity index (χ3v) is 8.20. The van der Waals surface area contributed by atoms with Crippen molar-refractivity contribution in [1.29, 1.82) is 0 Å². The van der Waals surface area contributed by atoms with Crippen molar-refractivity contribution in [3.05, 3.63) is 132 Å². The van der Waals surface area contributed by atoms with Gasteiger partial charge in [0.2, 0.25) is 0 Å². The van der Waals surface area contributed by atoms with Gasteiger partial charge >= 0.3 is 0 Å². The van der Waals surface area contributed by atoms with Crippen LogP contribution in [0.2, 0.25) is 5.02 Å². The number of nitrogens with zero attached hydrogens (tertiary/aromatic N) is 2. The molecule has 5 aromatic rings. The molecule has 170 valence electrons. The number of hydrogen-bond acceptors (Lipinski definition) is 3. The molecule has 0 amide bonds. The van der Waals surface area contributed by atoms with E-state index in [0.717, 1.165) is 45.4 Å². The third kappa shape index (κ3) is 3.27. The van der Waals surface area contributed by atoms with Crippen LogP contribution in [0.25, 0.3) is 22.7 Å². The van der Waals surface area contributed by atoms with Crippen LogP contribution in [0.3, 0.4) is 0 Å². The lowest BCUT2D eigenvalue weighted by Crippen LogP contribution is -2.38. The number of H-pyrrole nitrogens is 1. The summed E-state index contributed by atoms with van der Waals surface area (Å²) in [5, 5.41) is 1.78. The molecule has 7 rings (SSSR count). The predicted octanol–water partition coefficient (Wildman–Crippen LogP) is 5.45. The van der Waals surface area contributed by atoms with Gasteiger partial charge in [0.05, 0.1) is 16.3 Å². The summed E-state index contributed by atoms with van der Waals surface area (Å²) in [5.74, 6) is 0. The summed E-state index contributed by atoms with van der Waals surface area (Å²) in [4.78, 5) is 23.0. The lowest BCUT2D eigenvalue weighted by Gasteiger charge is -2.30. The van der Waals surface area contributed by atoms with Crippen molar-refractivity contribution in [2.24, 2.45) is 4.99 Å². The van der Waals surface area contributed by atoms with E-state index in [1.54, 1.807) is 0 Å². The fourth-order valence-corrected chi connectivity index (χ4v) is 6.44. The van der Waals surface area contributed by atoms with Crippen molar-refractivity contribution in [1.82, 2.24) is 9.55 Å². The number of rotatable bonds is 2. The van der Waals surface area contributed by atoms with Crippen LogP contribution in [-0.4, -0.2) is 9.55 Å². The minimum Gasteiger partial charge on any atom is -0.361 e. The van der Waals surface area contributed by atoms with Crippen LogP contribution < -0.4 is 14.9 Å². The number of fused-ring (bicyclic) bond motifs is 4. The zero-order valence-electron chi connectivity index (χ0n) is 18.7. The molecule has 4 nitrogen and oxygen atoms in total. The molecule has 0 fully saturated rings. The summed E-state index contributed by atoms with van der Waals surface area (Å²) < 4.78 is 2.56. The Morgan fingerprint density at radius 3 is 2.69 bits per heavy atom. The summed E-state index contributed by atoms with van der Waals surface area (Å²) in [6, 6.07) is 24.3. The first-order valence-electron chi connectivity index (χ1n) is 11.6. The lowest BCUT2D eigenvalue weighted by molar-refractivity contribution is 0.585. The van der Waals surface area contributed by atoms with Gasteiger partial charge in [-0.3, -0.25) is 9.36 Å². The van der Waals surface area contributed by atoms with Crippen molar-refractivity contribution >= 4 is 45.6 Å². The maximum atomic E-state index is 13.9. The van der Waals surface area contributed by atoms with Gasteiger partial charge in [-0.15, -0.1) is 0 Å². The molecule has 1 aliphatic heterocycles. The minimum atomic E-state index is -0.197. The van der Waals surface area contributed by atoms with E-state index in [0.29, 0.717) is 9.55 Å². The average Bonchev–Trinajstić information content (AvgIpc) is 3.44. The SMILES string of the molecule is O=c1/c(=C/c2c[nH]c3ccccc23)sc2n1C(c1ccc(Cl)cc1)C1=C(N=2)c2ccccc2CC1. The van der Waals surface area contributed by atoms with Crippen molar-refractivity contribution < 1.29 is 0 Å². The molecule has 3 aromatic carbocycles. The van der Waals surface area contributed by atoms with Gasteiger partial charge in [-0.25, -0.2) is 4.99 Å². The number of aromatic nitrogens is 2. The first-order chi connectivity index (χ1) is 17.2. The number of allylic oxidation sites excluding steroid dienone is 1. The number of aryl methyl sites for hydroxylation is 1. The highest BCUT2D eigenvalue weighted by atomic mass is 35.5. The maximum absolute atomic E-state index is 13.9. The van der Waals surface area contributed by atoms with Crippen molar-refractivity contribution in [2.75, 3.05) is 0 Å². The van der Waals surface area contributed by atoms with Gasteiger partial charge in [-0.1, -0.05) is 77.5 Å². The van der Waals surface area contributed by atoms with E-state index < -0.39 is 0 Å². The monoisotopic (exact) mass is 493 g/mol. The van der Waals surface area contributed by atoms with Crippen LogP contribution >= 0.6 is 22.9 Å². The molecule has 35 heavy (non-hydrogen) atoms. The van der Waals surface area contributed by atoms with Crippen molar-refractivity contribution in [2.45, 2.75) is 18.9 Å². The molecular formula is C29H20ClN3OS. The Labute approximate surface area is 210 Å². The maximum Gasteiger partial charge on any atom is 0.271 e. The van der Waals surface area contributed by atoms with Crippen LogP contribution in [0, 0.1) is 0 Å². The first kappa shape index (κ1) is 20.7. The van der Waals surface area contributed by atoms with Gasteiger partial charge in [0.15, 0.2) is 4.80 Å². The molecule has 2 aromatic heterocycles. The van der Waals surface area contributed by atoms with Crippen molar-refractivity contribution in [3.8, 4) is 0 Å². The molecule has 1 atom stereocenters. The number of thiazole rings is 1. The van der Waals surface area contributed by atoms with E-state index in [1.807, 2.05) is 59.3 Å². The number of nitrogens with one attached hydrogen (secondary N) is 1. The summed E-state index contributed by atoms with van der Waals surface area (Å²) in [6.45, 7) is 0. The zero-order valence-corrected chi connectivity index (χ0v) is 20.2. The molecule has 1 N–H and O–H groups in total. The second-order valence-electron chi connectivity index (χ2n) is 8.95. The van der Waals surface area contributed by atoms with Crippen LogP contribution in [0.15, 0.2) is 94.4 Å². The Morgan fingerprint density at radius 1 is 1.00 bits per heavy atom. The van der Waals surface area contributed by atoms with Crippen LogP contribution in [0.4, 0.5) is 0 Å². The highest BCUT2D eigenvalue weighted by molar-refractivity contribution is 7.07. The van der Waals surface area contributed by atoms with Gasteiger partial charge in [0.25, 0.3) is 5.56 Å². The molecule has 6 heteroatoms. The Balaban J connectivity index is 1.50. The third-order valence-electron chi connectivity index (χ3n) is 6.97. The quantitative estimate of drug-likeness (QED) is 0.349. The lowest BCUT2D eigenvalue weighted by atomic mass is 9.83. The molecule has 0 radical (unpaired) electrons.